The third-order valence-corrected chi connectivity index (χ3v) is 6.48. The Balaban J connectivity index is 1.62. The van der Waals surface area contributed by atoms with Gasteiger partial charge in [0.25, 0.3) is 0 Å². The van der Waals surface area contributed by atoms with Crippen LogP contribution in [-0.2, 0) is 14.8 Å². The maximum Gasteiger partial charge on any atom is 0.243 e. The second kappa shape index (κ2) is 6.84. The number of halogens is 1. The van der Waals surface area contributed by atoms with Crippen LogP contribution < -0.4 is 0 Å². The van der Waals surface area contributed by atoms with Crippen LogP contribution in [0.2, 0.25) is 0 Å². The summed E-state index contributed by atoms with van der Waals surface area (Å²) in [4.78, 5) is 2.43. The van der Waals surface area contributed by atoms with Crippen molar-refractivity contribution in [3.8, 4) is 0 Å². The zero-order valence-electron chi connectivity index (χ0n) is 13.4. The minimum Gasteiger partial charge on any atom is -0.377 e. The molecule has 2 heterocycles. The molecule has 0 spiro atoms. The van der Waals surface area contributed by atoms with E-state index in [0.717, 1.165) is 26.0 Å². The van der Waals surface area contributed by atoms with Gasteiger partial charge < -0.3 is 4.74 Å². The quantitative estimate of drug-likeness (QED) is 0.834. The molecule has 7 heteroatoms. The van der Waals surface area contributed by atoms with Crippen molar-refractivity contribution < 1.29 is 17.5 Å². The summed E-state index contributed by atoms with van der Waals surface area (Å²) in [7, 11) is -3.54. The second-order valence-corrected chi connectivity index (χ2v) is 8.19. The van der Waals surface area contributed by atoms with Gasteiger partial charge in [0, 0.05) is 39.3 Å². The van der Waals surface area contributed by atoms with Gasteiger partial charge in [0.1, 0.15) is 5.82 Å². The smallest absolute Gasteiger partial charge is 0.243 e. The highest BCUT2D eigenvalue weighted by Crippen LogP contribution is 2.21. The minimum atomic E-state index is -3.54. The van der Waals surface area contributed by atoms with Gasteiger partial charge >= 0.3 is 0 Å². The van der Waals surface area contributed by atoms with Crippen molar-refractivity contribution in [3.05, 3.63) is 29.6 Å². The van der Waals surface area contributed by atoms with E-state index in [-0.39, 0.29) is 16.8 Å². The summed E-state index contributed by atoms with van der Waals surface area (Å²) in [5.74, 6) is -0.384. The molecule has 5 nitrogen and oxygen atoms in total. The summed E-state index contributed by atoms with van der Waals surface area (Å²) in [6.07, 6.45) is 2.49. The Bertz CT molecular complexity index is 651. The normalized spacial score (nSPS) is 24.2. The molecule has 0 radical (unpaired) electrons. The Labute approximate surface area is 137 Å². The first-order valence-electron chi connectivity index (χ1n) is 8.07. The van der Waals surface area contributed by atoms with Crippen LogP contribution in [0.1, 0.15) is 18.4 Å². The van der Waals surface area contributed by atoms with E-state index in [9.17, 15) is 12.8 Å². The van der Waals surface area contributed by atoms with E-state index in [0.29, 0.717) is 31.7 Å². The van der Waals surface area contributed by atoms with E-state index in [1.54, 1.807) is 6.92 Å². The molecular formula is C16H23FN2O3S. The van der Waals surface area contributed by atoms with E-state index in [1.807, 2.05) is 0 Å². The number of aryl methyl sites for hydroxylation is 1. The van der Waals surface area contributed by atoms with Crippen LogP contribution in [-0.4, -0.2) is 63.1 Å². The molecule has 3 rings (SSSR count). The first kappa shape index (κ1) is 16.8. The molecule has 0 aliphatic carbocycles. The first-order chi connectivity index (χ1) is 11.0. The number of rotatable bonds is 4. The molecular weight excluding hydrogens is 319 g/mol. The summed E-state index contributed by atoms with van der Waals surface area (Å²) in [6.45, 7) is 5.63. The first-order valence-corrected chi connectivity index (χ1v) is 9.51. The van der Waals surface area contributed by atoms with Crippen LogP contribution in [0, 0.1) is 12.7 Å². The molecule has 1 aromatic rings. The molecule has 0 bridgehead atoms. The summed E-state index contributed by atoms with van der Waals surface area (Å²) < 4.78 is 45.8. The Morgan fingerprint density at radius 2 is 2.00 bits per heavy atom. The van der Waals surface area contributed by atoms with Gasteiger partial charge in [0.05, 0.1) is 11.0 Å². The van der Waals surface area contributed by atoms with Crippen molar-refractivity contribution in [3.63, 3.8) is 0 Å². The molecule has 0 amide bonds. The summed E-state index contributed by atoms with van der Waals surface area (Å²) >= 11 is 0. The number of sulfonamides is 1. The highest BCUT2D eigenvalue weighted by atomic mass is 32.2. The van der Waals surface area contributed by atoms with Gasteiger partial charge in [-0.1, -0.05) is 0 Å². The highest BCUT2D eigenvalue weighted by Gasteiger charge is 2.30. The summed E-state index contributed by atoms with van der Waals surface area (Å²) in [5.41, 5.74) is 0.350. The second-order valence-electron chi connectivity index (χ2n) is 6.25. The zero-order chi connectivity index (χ0) is 16.4. The number of hydrogen-bond acceptors (Lipinski definition) is 4. The molecule has 2 fully saturated rings. The molecule has 2 saturated heterocycles. The number of benzene rings is 1. The third-order valence-electron chi connectivity index (χ3n) is 4.58. The van der Waals surface area contributed by atoms with E-state index in [1.165, 1.54) is 22.5 Å². The van der Waals surface area contributed by atoms with Crippen molar-refractivity contribution in [2.75, 3.05) is 39.3 Å². The monoisotopic (exact) mass is 342 g/mol. The Morgan fingerprint density at radius 1 is 1.26 bits per heavy atom. The number of hydrogen-bond donors (Lipinski definition) is 0. The molecule has 128 valence electrons. The summed E-state index contributed by atoms with van der Waals surface area (Å²) in [6, 6.07) is 3.97. The SMILES string of the molecule is Cc1cc(S(=O)(=O)N2CCN(CC3CCCO3)CC2)ccc1F. The molecule has 2 aliphatic rings. The third kappa shape index (κ3) is 3.74. The van der Waals surface area contributed by atoms with Crippen LogP contribution in [0.5, 0.6) is 0 Å². The molecule has 1 aromatic carbocycles. The van der Waals surface area contributed by atoms with Crippen LogP contribution in [0.4, 0.5) is 4.39 Å². The Kier molecular flexibility index (Phi) is 5.01. The average Bonchev–Trinajstić information content (AvgIpc) is 3.03. The highest BCUT2D eigenvalue weighted by molar-refractivity contribution is 7.89. The van der Waals surface area contributed by atoms with Gasteiger partial charge in [-0.2, -0.15) is 4.31 Å². The Morgan fingerprint density at radius 3 is 2.61 bits per heavy atom. The van der Waals surface area contributed by atoms with E-state index >= 15 is 0 Å². The van der Waals surface area contributed by atoms with Crippen molar-refractivity contribution in [1.29, 1.82) is 0 Å². The number of nitrogens with zero attached hydrogens (tertiary/aromatic N) is 2. The van der Waals surface area contributed by atoms with Gasteiger partial charge in [0.15, 0.2) is 0 Å². The largest absolute Gasteiger partial charge is 0.377 e. The molecule has 23 heavy (non-hydrogen) atoms. The van der Waals surface area contributed by atoms with Gasteiger partial charge in [-0.15, -0.1) is 0 Å². The molecule has 1 unspecified atom stereocenters. The van der Waals surface area contributed by atoms with Gasteiger partial charge in [-0.05, 0) is 43.5 Å². The van der Waals surface area contributed by atoms with Crippen molar-refractivity contribution in [2.24, 2.45) is 0 Å². The molecule has 0 N–H and O–H groups in total. The lowest BCUT2D eigenvalue weighted by molar-refractivity contribution is 0.0617. The summed E-state index contributed by atoms with van der Waals surface area (Å²) in [5, 5.41) is 0. The molecule has 1 atom stereocenters. The van der Waals surface area contributed by atoms with Gasteiger partial charge in [0.2, 0.25) is 10.0 Å². The topological polar surface area (TPSA) is 49.9 Å². The lowest BCUT2D eigenvalue weighted by Crippen LogP contribution is -2.50. The zero-order valence-corrected chi connectivity index (χ0v) is 14.2. The minimum absolute atomic E-state index is 0.170. The number of ether oxygens (including phenoxy) is 1. The lowest BCUT2D eigenvalue weighted by Gasteiger charge is -2.35. The predicted molar refractivity (Wildman–Crippen MR) is 85.3 cm³/mol. The predicted octanol–water partition coefficient (Wildman–Crippen LogP) is 1.62. The number of piperazine rings is 1. The van der Waals surface area contributed by atoms with Crippen molar-refractivity contribution in [1.82, 2.24) is 9.21 Å². The van der Waals surface area contributed by atoms with Crippen LogP contribution in [0.3, 0.4) is 0 Å². The van der Waals surface area contributed by atoms with Gasteiger partial charge in [-0.3, -0.25) is 4.90 Å². The van der Waals surface area contributed by atoms with E-state index in [2.05, 4.69) is 4.90 Å². The van der Waals surface area contributed by atoms with Gasteiger partial charge in [-0.25, -0.2) is 12.8 Å². The fraction of sp³-hybridized carbons (Fsp3) is 0.625. The fourth-order valence-electron chi connectivity index (χ4n) is 3.16. The van der Waals surface area contributed by atoms with Crippen molar-refractivity contribution >= 4 is 10.0 Å². The standard InChI is InChI=1S/C16H23FN2O3S/c1-13-11-15(4-5-16(13)17)23(20,21)19-8-6-18(7-9-19)12-14-3-2-10-22-14/h4-5,11,14H,2-3,6-10,12H2,1H3. The van der Waals surface area contributed by atoms with Crippen LogP contribution in [0.15, 0.2) is 23.1 Å². The fourth-order valence-corrected chi connectivity index (χ4v) is 4.66. The molecule has 0 saturated carbocycles. The lowest BCUT2D eigenvalue weighted by atomic mass is 10.2. The Hall–Kier alpha value is -1.02. The maximum atomic E-state index is 13.3. The van der Waals surface area contributed by atoms with E-state index < -0.39 is 10.0 Å². The average molecular weight is 342 g/mol. The maximum absolute atomic E-state index is 13.3. The van der Waals surface area contributed by atoms with Crippen LogP contribution >= 0.6 is 0 Å². The van der Waals surface area contributed by atoms with Crippen LogP contribution in [0.25, 0.3) is 0 Å². The van der Waals surface area contributed by atoms with E-state index in [4.69, 9.17) is 4.74 Å². The molecule has 0 aromatic heterocycles. The van der Waals surface area contributed by atoms with Crippen molar-refractivity contribution in [2.45, 2.75) is 30.8 Å². The molecule has 2 aliphatic heterocycles.